The number of hydrogen-bond donors (Lipinski definition) is 0. The highest BCUT2D eigenvalue weighted by molar-refractivity contribution is 9.10. The smallest absolute Gasteiger partial charge is 0.139 e. The molecule has 2 rings (SSSR count). The van der Waals surface area contributed by atoms with E-state index in [4.69, 9.17) is 0 Å². The molecule has 0 saturated heterocycles. The van der Waals surface area contributed by atoms with Crippen LogP contribution in [0.2, 0.25) is 0 Å². The fourth-order valence-electron chi connectivity index (χ4n) is 1.41. The molecular weight excluding hydrogens is 271 g/mol. The molecule has 2 nitrogen and oxygen atoms in total. The van der Waals surface area contributed by atoms with Gasteiger partial charge in [0.1, 0.15) is 5.82 Å². The molecule has 0 saturated carbocycles. The van der Waals surface area contributed by atoms with Crippen LogP contribution in [0.4, 0.5) is 15.8 Å². The molecule has 0 aliphatic rings. The van der Waals surface area contributed by atoms with Gasteiger partial charge < -0.3 is 4.90 Å². The Hall–Kier alpha value is -1.42. The molecule has 0 aliphatic heterocycles. The molecule has 0 amide bonds. The largest absolute Gasteiger partial charge is 0.344 e. The number of benzene rings is 1. The van der Waals surface area contributed by atoms with Gasteiger partial charge in [0, 0.05) is 30.8 Å². The number of pyridine rings is 1. The van der Waals surface area contributed by atoms with Gasteiger partial charge in [0.2, 0.25) is 0 Å². The van der Waals surface area contributed by atoms with Crippen LogP contribution in [0.3, 0.4) is 0 Å². The van der Waals surface area contributed by atoms with Crippen LogP contribution in [-0.4, -0.2) is 12.0 Å². The second kappa shape index (κ2) is 4.61. The van der Waals surface area contributed by atoms with E-state index in [-0.39, 0.29) is 5.82 Å². The molecule has 16 heavy (non-hydrogen) atoms. The molecule has 2 aromatic rings. The van der Waals surface area contributed by atoms with Gasteiger partial charge in [-0.2, -0.15) is 0 Å². The Bertz CT molecular complexity index is 488. The van der Waals surface area contributed by atoms with Crippen LogP contribution in [0.25, 0.3) is 0 Å². The summed E-state index contributed by atoms with van der Waals surface area (Å²) in [5, 5.41) is 0. The average Bonchev–Trinajstić information content (AvgIpc) is 2.33. The topological polar surface area (TPSA) is 16.1 Å². The number of hydrogen-bond acceptors (Lipinski definition) is 2. The Kier molecular flexibility index (Phi) is 3.19. The van der Waals surface area contributed by atoms with Crippen LogP contribution < -0.4 is 4.90 Å². The molecule has 0 aliphatic carbocycles. The summed E-state index contributed by atoms with van der Waals surface area (Å²) in [4.78, 5) is 5.84. The summed E-state index contributed by atoms with van der Waals surface area (Å²) in [5.41, 5.74) is 1.77. The minimum atomic E-state index is -0.265. The lowest BCUT2D eigenvalue weighted by molar-refractivity contribution is 0.621. The summed E-state index contributed by atoms with van der Waals surface area (Å²) in [6.45, 7) is 0. The molecule has 1 aromatic carbocycles. The van der Waals surface area contributed by atoms with Crippen molar-refractivity contribution in [2.24, 2.45) is 0 Å². The minimum absolute atomic E-state index is 0.265. The first-order valence-electron chi connectivity index (χ1n) is 4.77. The standard InChI is InChI=1S/C12H10BrFN2/c1-16(9-4-6-15-7-5-9)10-2-3-11(13)12(14)8-10/h2-8H,1H3. The lowest BCUT2D eigenvalue weighted by atomic mass is 10.2. The fourth-order valence-corrected chi connectivity index (χ4v) is 1.66. The summed E-state index contributed by atoms with van der Waals surface area (Å²) < 4.78 is 13.8. The van der Waals surface area contributed by atoms with Crippen molar-refractivity contribution in [3.8, 4) is 0 Å². The molecule has 0 N–H and O–H groups in total. The van der Waals surface area contributed by atoms with Crippen molar-refractivity contribution in [1.29, 1.82) is 0 Å². The third-order valence-electron chi connectivity index (χ3n) is 2.34. The second-order valence-corrected chi connectivity index (χ2v) is 4.22. The van der Waals surface area contributed by atoms with Crippen LogP contribution >= 0.6 is 15.9 Å². The van der Waals surface area contributed by atoms with Gasteiger partial charge in [0.05, 0.1) is 4.47 Å². The Morgan fingerprint density at radius 2 is 1.81 bits per heavy atom. The molecular formula is C12H10BrFN2. The van der Waals surface area contributed by atoms with Crippen molar-refractivity contribution < 1.29 is 4.39 Å². The van der Waals surface area contributed by atoms with Crippen molar-refractivity contribution in [3.05, 3.63) is 53.0 Å². The molecule has 0 fully saturated rings. The second-order valence-electron chi connectivity index (χ2n) is 3.36. The first-order valence-corrected chi connectivity index (χ1v) is 5.56. The third kappa shape index (κ3) is 2.22. The first kappa shape index (κ1) is 11.1. The summed E-state index contributed by atoms with van der Waals surface area (Å²) in [6, 6.07) is 8.79. The number of anilines is 2. The maximum Gasteiger partial charge on any atom is 0.139 e. The Morgan fingerprint density at radius 1 is 1.12 bits per heavy atom. The lowest BCUT2D eigenvalue weighted by Gasteiger charge is -2.19. The van der Waals surface area contributed by atoms with E-state index in [0.29, 0.717) is 4.47 Å². The maximum absolute atomic E-state index is 13.4. The molecule has 0 unspecified atom stereocenters. The van der Waals surface area contributed by atoms with Crippen molar-refractivity contribution in [1.82, 2.24) is 4.98 Å². The zero-order valence-electron chi connectivity index (χ0n) is 8.69. The van der Waals surface area contributed by atoms with Gasteiger partial charge in [-0.3, -0.25) is 4.98 Å². The van der Waals surface area contributed by atoms with Crippen LogP contribution in [0.5, 0.6) is 0 Å². The average molecular weight is 281 g/mol. The van der Waals surface area contributed by atoms with Gasteiger partial charge in [-0.05, 0) is 46.3 Å². The van der Waals surface area contributed by atoms with Gasteiger partial charge in [0.15, 0.2) is 0 Å². The zero-order chi connectivity index (χ0) is 11.5. The van der Waals surface area contributed by atoms with Crippen molar-refractivity contribution in [2.75, 3.05) is 11.9 Å². The molecule has 0 atom stereocenters. The number of aromatic nitrogens is 1. The van der Waals surface area contributed by atoms with Gasteiger partial charge in [-0.15, -0.1) is 0 Å². The van der Waals surface area contributed by atoms with Crippen LogP contribution in [0, 0.1) is 5.82 Å². The van der Waals surface area contributed by atoms with E-state index in [1.807, 2.05) is 30.1 Å². The van der Waals surface area contributed by atoms with Crippen LogP contribution in [0.1, 0.15) is 0 Å². The SMILES string of the molecule is CN(c1ccncc1)c1ccc(Br)c(F)c1. The van der Waals surface area contributed by atoms with E-state index in [1.54, 1.807) is 18.5 Å². The molecule has 82 valence electrons. The van der Waals surface area contributed by atoms with Gasteiger partial charge >= 0.3 is 0 Å². The summed E-state index contributed by atoms with van der Waals surface area (Å²) in [5.74, 6) is -0.265. The van der Waals surface area contributed by atoms with Gasteiger partial charge in [-0.1, -0.05) is 0 Å². The molecule has 4 heteroatoms. The summed E-state index contributed by atoms with van der Waals surface area (Å²) >= 11 is 3.13. The van der Waals surface area contributed by atoms with E-state index >= 15 is 0 Å². The van der Waals surface area contributed by atoms with E-state index in [0.717, 1.165) is 11.4 Å². The molecule has 1 aromatic heterocycles. The predicted molar refractivity (Wildman–Crippen MR) is 66.4 cm³/mol. The van der Waals surface area contributed by atoms with Crippen molar-refractivity contribution in [3.63, 3.8) is 0 Å². The lowest BCUT2D eigenvalue weighted by Crippen LogP contribution is -2.09. The third-order valence-corrected chi connectivity index (χ3v) is 2.98. The maximum atomic E-state index is 13.4. The minimum Gasteiger partial charge on any atom is -0.344 e. The fraction of sp³-hybridized carbons (Fsp3) is 0.0833. The number of nitrogens with zero attached hydrogens (tertiary/aromatic N) is 2. The number of halogens is 2. The highest BCUT2D eigenvalue weighted by Gasteiger charge is 2.06. The Morgan fingerprint density at radius 3 is 2.44 bits per heavy atom. The van der Waals surface area contributed by atoms with Crippen LogP contribution in [-0.2, 0) is 0 Å². The van der Waals surface area contributed by atoms with E-state index in [9.17, 15) is 4.39 Å². The molecule has 1 heterocycles. The Balaban J connectivity index is 2.34. The zero-order valence-corrected chi connectivity index (χ0v) is 10.3. The van der Waals surface area contributed by atoms with E-state index in [2.05, 4.69) is 20.9 Å². The number of rotatable bonds is 2. The monoisotopic (exact) mass is 280 g/mol. The normalized spacial score (nSPS) is 10.2. The first-order chi connectivity index (χ1) is 7.68. The Labute approximate surface area is 102 Å². The predicted octanol–water partition coefficient (Wildman–Crippen LogP) is 3.75. The molecule has 0 bridgehead atoms. The molecule has 0 radical (unpaired) electrons. The van der Waals surface area contributed by atoms with Gasteiger partial charge in [-0.25, -0.2) is 4.39 Å². The van der Waals surface area contributed by atoms with Crippen molar-refractivity contribution in [2.45, 2.75) is 0 Å². The van der Waals surface area contributed by atoms with Crippen LogP contribution in [0.15, 0.2) is 47.2 Å². The van der Waals surface area contributed by atoms with Crippen molar-refractivity contribution >= 4 is 27.3 Å². The summed E-state index contributed by atoms with van der Waals surface area (Å²) in [7, 11) is 1.89. The summed E-state index contributed by atoms with van der Waals surface area (Å²) in [6.07, 6.45) is 3.42. The molecule has 0 spiro atoms. The highest BCUT2D eigenvalue weighted by Crippen LogP contribution is 2.26. The van der Waals surface area contributed by atoms with Gasteiger partial charge in [0.25, 0.3) is 0 Å². The highest BCUT2D eigenvalue weighted by atomic mass is 79.9. The van der Waals surface area contributed by atoms with E-state index in [1.165, 1.54) is 6.07 Å². The quantitative estimate of drug-likeness (QED) is 0.833. The van der Waals surface area contributed by atoms with E-state index < -0.39 is 0 Å².